The van der Waals surface area contributed by atoms with Crippen molar-refractivity contribution in [1.82, 2.24) is 5.43 Å². The fourth-order valence-electron chi connectivity index (χ4n) is 2.61. The van der Waals surface area contributed by atoms with E-state index in [9.17, 15) is 9.59 Å². The molecule has 196 valence electrons. The van der Waals surface area contributed by atoms with E-state index < -0.39 is 5.92 Å². The van der Waals surface area contributed by atoms with Crippen LogP contribution in [0.4, 0.5) is 5.69 Å². The number of anilines is 1. The number of ether oxygens (including phenoxy) is 3. The van der Waals surface area contributed by atoms with Crippen LogP contribution in [0, 0.1) is 5.92 Å². The van der Waals surface area contributed by atoms with Crippen LogP contribution in [-0.2, 0) is 23.8 Å². The van der Waals surface area contributed by atoms with Gasteiger partial charge in [0.1, 0.15) is 5.92 Å². The average molecular weight is 489 g/mol. The molecular weight excluding hydrogens is 448 g/mol. The molecule has 5 N–H and O–H groups in total. The minimum absolute atomic E-state index is 0.0413. The summed E-state index contributed by atoms with van der Waals surface area (Å²) in [5, 5.41) is 33.3. The molecule has 34 heavy (non-hydrogen) atoms. The lowest BCUT2D eigenvalue weighted by Gasteiger charge is -2.14. The number of rotatable bonds is 15. The second-order valence-corrected chi connectivity index (χ2v) is 6.91. The van der Waals surface area contributed by atoms with Gasteiger partial charge in [0, 0.05) is 0 Å². The Morgan fingerprint density at radius 1 is 0.794 bits per heavy atom. The number of hydrogen-bond acceptors (Lipinski definition) is 9. The fraction of sp³-hybridized carbons (Fsp3) is 0.652. The molecule has 2 amide bonds. The zero-order chi connectivity index (χ0) is 25.4. The van der Waals surface area contributed by atoms with Crippen molar-refractivity contribution in [2.75, 3.05) is 71.1 Å². The first-order valence-electron chi connectivity index (χ1n) is 11.4. The van der Waals surface area contributed by atoms with Crippen molar-refractivity contribution in [3.8, 4) is 0 Å². The maximum Gasteiger partial charge on any atom is 0.258 e. The largest absolute Gasteiger partial charge is 0.394 e. The Morgan fingerprint density at radius 2 is 1.29 bits per heavy atom. The van der Waals surface area contributed by atoms with E-state index in [1.807, 2.05) is 25.1 Å². The molecule has 0 spiro atoms. The monoisotopic (exact) mass is 488 g/mol. The Balaban J connectivity index is 0.000000571. The summed E-state index contributed by atoms with van der Waals surface area (Å²) < 4.78 is 15.0. The summed E-state index contributed by atoms with van der Waals surface area (Å²) >= 11 is 0. The summed E-state index contributed by atoms with van der Waals surface area (Å²) in [6.07, 6.45) is 2.51. The second-order valence-electron chi connectivity index (χ2n) is 6.91. The average Bonchev–Trinajstić information content (AvgIpc) is 3.15. The number of carbonyl (C=O) groups excluding carboxylic acids is 2. The summed E-state index contributed by atoms with van der Waals surface area (Å²) in [6.45, 7) is 4.56. The Labute approximate surface area is 201 Å². The minimum Gasteiger partial charge on any atom is -0.394 e. The van der Waals surface area contributed by atoms with E-state index >= 15 is 0 Å². The van der Waals surface area contributed by atoms with Gasteiger partial charge in [-0.3, -0.25) is 15.0 Å². The number of amides is 2. The van der Waals surface area contributed by atoms with Crippen LogP contribution in [0.2, 0.25) is 0 Å². The molecular formula is C23H40N2O9. The Hall–Kier alpha value is -2.12. The molecule has 1 saturated heterocycles. The highest BCUT2D eigenvalue weighted by Gasteiger charge is 2.39. The lowest BCUT2D eigenvalue weighted by molar-refractivity contribution is -0.127. The fourth-order valence-corrected chi connectivity index (χ4v) is 2.61. The third-order valence-electron chi connectivity index (χ3n) is 4.23. The first kappa shape index (κ1) is 31.9. The Kier molecular flexibility index (Phi) is 21.2. The van der Waals surface area contributed by atoms with Gasteiger partial charge in [-0.2, -0.15) is 0 Å². The summed E-state index contributed by atoms with van der Waals surface area (Å²) in [4.78, 5) is 23.8. The van der Waals surface area contributed by atoms with Gasteiger partial charge in [0.15, 0.2) is 0 Å². The highest BCUT2D eigenvalue weighted by molar-refractivity contribution is 6.14. The number of hydrogen-bond donors (Lipinski definition) is 5. The van der Waals surface area contributed by atoms with Crippen LogP contribution in [0.25, 0.3) is 0 Å². The van der Waals surface area contributed by atoms with Gasteiger partial charge in [-0.05, 0) is 18.6 Å². The number of aliphatic hydroxyl groups is 4. The molecule has 1 aliphatic rings. The molecule has 0 aliphatic carbocycles. The third kappa shape index (κ3) is 14.9. The summed E-state index contributed by atoms with van der Waals surface area (Å²) in [5.41, 5.74) is 3.34. The predicted octanol–water partition coefficient (Wildman–Crippen LogP) is -0.137. The Morgan fingerprint density at radius 3 is 1.74 bits per heavy atom. The van der Waals surface area contributed by atoms with Gasteiger partial charge in [0.25, 0.3) is 11.8 Å². The third-order valence-corrected chi connectivity index (χ3v) is 4.23. The number of nitrogens with zero attached hydrogens (tertiary/aromatic N) is 1. The maximum atomic E-state index is 12.1. The molecule has 1 heterocycles. The van der Waals surface area contributed by atoms with Gasteiger partial charge >= 0.3 is 0 Å². The van der Waals surface area contributed by atoms with Crippen LogP contribution < -0.4 is 10.4 Å². The Bertz CT molecular complexity index is 608. The number of unbranched alkanes of at least 4 members (excludes halogenated alkanes) is 1. The summed E-state index contributed by atoms with van der Waals surface area (Å²) in [7, 11) is 0. The standard InChI is InChI=1S/C13H16N2O2.C8H18O5.C2H6O2/c1-2-3-9-11-12(16)14-15(13(11)17)10-7-5-4-6-8-10;9-1-3-11-5-7-13-8-6-12-4-2-10;3-1-2-4/h4-8,11H,2-3,9H2,1H3,(H,14,16);9-10H,1-8H2;3-4H,1-2H2. The van der Waals surface area contributed by atoms with E-state index in [0.717, 1.165) is 12.8 Å². The molecule has 1 aromatic carbocycles. The molecule has 2 rings (SSSR count). The van der Waals surface area contributed by atoms with E-state index in [2.05, 4.69) is 5.43 Å². The number of para-hydroxylation sites is 1. The van der Waals surface area contributed by atoms with Gasteiger partial charge in [-0.15, -0.1) is 0 Å². The van der Waals surface area contributed by atoms with E-state index in [-0.39, 0.29) is 38.2 Å². The molecule has 0 radical (unpaired) electrons. The molecule has 0 saturated carbocycles. The molecule has 1 atom stereocenters. The molecule has 1 unspecified atom stereocenters. The molecule has 0 bridgehead atoms. The van der Waals surface area contributed by atoms with E-state index in [0.29, 0.717) is 51.7 Å². The van der Waals surface area contributed by atoms with E-state index in [4.69, 9.17) is 34.6 Å². The van der Waals surface area contributed by atoms with E-state index in [1.54, 1.807) is 12.1 Å². The number of nitrogens with one attached hydrogen (secondary N) is 1. The van der Waals surface area contributed by atoms with Crippen LogP contribution in [0.15, 0.2) is 30.3 Å². The van der Waals surface area contributed by atoms with Gasteiger partial charge in [0.2, 0.25) is 0 Å². The van der Waals surface area contributed by atoms with Crippen LogP contribution in [0.3, 0.4) is 0 Å². The molecule has 11 heteroatoms. The van der Waals surface area contributed by atoms with E-state index in [1.165, 1.54) is 5.01 Å². The lowest BCUT2D eigenvalue weighted by atomic mass is 10.0. The number of hydrazine groups is 1. The summed E-state index contributed by atoms with van der Waals surface area (Å²) in [6, 6.07) is 9.17. The summed E-state index contributed by atoms with van der Waals surface area (Å²) in [5.74, 6) is -0.850. The van der Waals surface area contributed by atoms with Gasteiger partial charge in [0.05, 0.1) is 71.8 Å². The van der Waals surface area contributed by atoms with Crippen molar-refractivity contribution >= 4 is 17.5 Å². The first-order valence-corrected chi connectivity index (χ1v) is 11.4. The lowest BCUT2D eigenvalue weighted by Crippen LogP contribution is -2.35. The molecule has 11 nitrogen and oxygen atoms in total. The zero-order valence-corrected chi connectivity index (χ0v) is 19.9. The molecule has 1 fully saturated rings. The normalized spacial score (nSPS) is 14.7. The molecule has 0 aromatic heterocycles. The van der Waals surface area contributed by atoms with Crippen molar-refractivity contribution in [3.05, 3.63) is 30.3 Å². The quantitative estimate of drug-likeness (QED) is 0.167. The van der Waals surface area contributed by atoms with Crippen LogP contribution in [-0.4, -0.2) is 98.3 Å². The molecule has 1 aliphatic heterocycles. The van der Waals surface area contributed by atoms with Crippen molar-refractivity contribution in [2.24, 2.45) is 5.92 Å². The molecule has 1 aromatic rings. The van der Waals surface area contributed by atoms with Crippen molar-refractivity contribution in [1.29, 1.82) is 0 Å². The topological polar surface area (TPSA) is 158 Å². The van der Waals surface area contributed by atoms with Crippen molar-refractivity contribution in [3.63, 3.8) is 0 Å². The highest BCUT2D eigenvalue weighted by Crippen LogP contribution is 2.22. The van der Waals surface area contributed by atoms with Crippen molar-refractivity contribution in [2.45, 2.75) is 26.2 Å². The predicted molar refractivity (Wildman–Crippen MR) is 126 cm³/mol. The maximum absolute atomic E-state index is 12.1. The first-order chi connectivity index (χ1) is 16.6. The van der Waals surface area contributed by atoms with Crippen LogP contribution >= 0.6 is 0 Å². The van der Waals surface area contributed by atoms with Crippen LogP contribution in [0.5, 0.6) is 0 Å². The van der Waals surface area contributed by atoms with Gasteiger partial charge in [-0.1, -0.05) is 38.0 Å². The SMILES string of the molecule is CCCCC1C(=O)NN(c2ccccc2)C1=O.OCCO.OCCOCCOCCOCCO. The van der Waals surface area contributed by atoms with Crippen molar-refractivity contribution < 1.29 is 44.2 Å². The van der Waals surface area contributed by atoms with Gasteiger partial charge in [-0.25, -0.2) is 5.01 Å². The number of carbonyl (C=O) groups is 2. The second kappa shape index (κ2) is 22.7. The zero-order valence-electron chi connectivity index (χ0n) is 19.9. The number of aliphatic hydroxyl groups excluding tert-OH is 4. The minimum atomic E-state index is -0.518. The van der Waals surface area contributed by atoms with Gasteiger partial charge < -0.3 is 34.6 Å². The highest BCUT2D eigenvalue weighted by atomic mass is 16.5. The smallest absolute Gasteiger partial charge is 0.258 e. The van der Waals surface area contributed by atoms with Crippen LogP contribution in [0.1, 0.15) is 26.2 Å². The number of benzene rings is 1.